The highest BCUT2D eigenvalue weighted by Crippen LogP contribution is 2.29. The molecule has 2 fully saturated rings. The van der Waals surface area contributed by atoms with E-state index in [4.69, 9.17) is 0 Å². The first-order valence-electron chi connectivity index (χ1n) is 9.91. The number of aromatic nitrogens is 2. The number of hydrogen-bond donors (Lipinski definition) is 1. The van der Waals surface area contributed by atoms with Crippen LogP contribution in [0.15, 0.2) is 6.07 Å². The van der Waals surface area contributed by atoms with E-state index in [2.05, 4.69) is 22.4 Å². The molecule has 0 bridgehead atoms. The fourth-order valence-electron chi connectivity index (χ4n) is 4.18. The standard InChI is InChI=1S/C19H29N5O2/c1-22-9-6-15(12-22)18(25)20-11-16-10-17-13-23(7-3-8-24(17)21-16)19(26)14-4-2-5-14/h10,14-15H,2-9,11-13H2,1H3,(H,20,25)/t15-/m0/s1. The number of likely N-dealkylation sites (tertiary alicyclic amines) is 1. The van der Waals surface area contributed by atoms with E-state index >= 15 is 0 Å². The number of fused-ring (bicyclic) bond motifs is 1. The van der Waals surface area contributed by atoms with Gasteiger partial charge in [-0.25, -0.2) is 0 Å². The average molecular weight is 359 g/mol. The monoisotopic (exact) mass is 359 g/mol. The third-order valence-electron chi connectivity index (χ3n) is 6.04. The minimum atomic E-state index is 0.0935. The Balaban J connectivity index is 1.35. The molecule has 4 rings (SSSR count). The second kappa shape index (κ2) is 7.39. The number of aryl methyl sites for hydroxylation is 1. The summed E-state index contributed by atoms with van der Waals surface area (Å²) in [6, 6.07) is 2.05. The molecule has 1 aromatic rings. The summed E-state index contributed by atoms with van der Waals surface area (Å²) in [5, 5.41) is 7.69. The maximum atomic E-state index is 12.6. The van der Waals surface area contributed by atoms with E-state index in [9.17, 15) is 9.59 Å². The van der Waals surface area contributed by atoms with Gasteiger partial charge in [0.05, 0.1) is 30.4 Å². The van der Waals surface area contributed by atoms with Crippen molar-refractivity contribution in [2.45, 2.75) is 51.7 Å². The summed E-state index contributed by atoms with van der Waals surface area (Å²) in [5.41, 5.74) is 1.97. The first kappa shape index (κ1) is 17.5. The van der Waals surface area contributed by atoms with Crippen LogP contribution in [0.3, 0.4) is 0 Å². The molecule has 7 heteroatoms. The minimum Gasteiger partial charge on any atom is -0.350 e. The van der Waals surface area contributed by atoms with E-state index in [1.165, 1.54) is 6.42 Å². The second-order valence-corrected chi connectivity index (χ2v) is 8.06. The average Bonchev–Trinajstić information content (AvgIpc) is 3.11. The maximum Gasteiger partial charge on any atom is 0.226 e. The van der Waals surface area contributed by atoms with E-state index in [1.807, 2.05) is 15.6 Å². The molecule has 3 heterocycles. The topological polar surface area (TPSA) is 70.5 Å². The van der Waals surface area contributed by atoms with Gasteiger partial charge in [-0.1, -0.05) is 6.42 Å². The van der Waals surface area contributed by atoms with Crippen LogP contribution in [0.1, 0.15) is 43.5 Å². The normalized spacial score (nSPS) is 24.0. The van der Waals surface area contributed by atoms with Crippen molar-refractivity contribution in [2.75, 3.05) is 26.7 Å². The van der Waals surface area contributed by atoms with Crippen LogP contribution in [-0.2, 0) is 29.2 Å². The van der Waals surface area contributed by atoms with Gasteiger partial charge in [-0.2, -0.15) is 5.10 Å². The second-order valence-electron chi connectivity index (χ2n) is 8.06. The first-order chi connectivity index (χ1) is 12.6. The molecule has 7 nitrogen and oxygen atoms in total. The first-order valence-corrected chi connectivity index (χ1v) is 9.91. The lowest BCUT2D eigenvalue weighted by atomic mass is 9.84. The predicted octanol–water partition coefficient (Wildman–Crippen LogP) is 0.983. The van der Waals surface area contributed by atoms with E-state index in [0.29, 0.717) is 19.0 Å². The van der Waals surface area contributed by atoms with Crippen molar-refractivity contribution in [3.8, 4) is 0 Å². The quantitative estimate of drug-likeness (QED) is 0.870. The molecule has 2 aliphatic heterocycles. The summed E-state index contributed by atoms with van der Waals surface area (Å²) in [6.07, 6.45) is 5.14. The molecule has 1 atom stereocenters. The van der Waals surface area contributed by atoms with E-state index in [1.54, 1.807) is 0 Å². The van der Waals surface area contributed by atoms with Crippen molar-refractivity contribution in [2.24, 2.45) is 11.8 Å². The molecule has 1 saturated carbocycles. The van der Waals surface area contributed by atoms with Crippen molar-refractivity contribution >= 4 is 11.8 Å². The van der Waals surface area contributed by atoms with Crippen molar-refractivity contribution < 1.29 is 9.59 Å². The van der Waals surface area contributed by atoms with Crippen LogP contribution in [0, 0.1) is 11.8 Å². The summed E-state index contributed by atoms with van der Waals surface area (Å²) in [5.74, 6) is 0.772. The number of nitrogens with one attached hydrogen (secondary N) is 1. The summed E-state index contributed by atoms with van der Waals surface area (Å²) in [7, 11) is 2.05. The number of hydrogen-bond acceptors (Lipinski definition) is 4. The molecule has 0 radical (unpaired) electrons. The molecule has 1 saturated heterocycles. The number of nitrogens with zero attached hydrogens (tertiary/aromatic N) is 4. The van der Waals surface area contributed by atoms with E-state index < -0.39 is 0 Å². The Morgan fingerprint density at radius 3 is 2.69 bits per heavy atom. The molecule has 142 valence electrons. The van der Waals surface area contributed by atoms with Crippen molar-refractivity contribution in [1.82, 2.24) is 24.9 Å². The number of rotatable bonds is 4. The summed E-state index contributed by atoms with van der Waals surface area (Å²) < 4.78 is 2.01. The molecule has 1 aliphatic carbocycles. The van der Waals surface area contributed by atoms with Gasteiger partial charge in [-0.15, -0.1) is 0 Å². The molecule has 1 aromatic heterocycles. The lowest BCUT2D eigenvalue weighted by Gasteiger charge is -2.30. The zero-order chi connectivity index (χ0) is 18.1. The molecular formula is C19H29N5O2. The SMILES string of the molecule is CN1CC[C@H](C(=O)NCc2cc3n(n2)CCCN(C(=O)C2CCC2)C3)C1. The van der Waals surface area contributed by atoms with Crippen LogP contribution in [0.5, 0.6) is 0 Å². The van der Waals surface area contributed by atoms with Crippen LogP contribution in [0.2, 0.25) is 0 Å². The Labute approximate surface area is 154 Å². The van der Waals surface area contributed by atoms with Gasteiger partial charge in [0.1, 0.15) is 0 Å². The van der Waals surface area contributed by atoms with Crippen molar-refractivity contribution in [1.29, 1.82) is 0 Å². The van der Waals surface area contributed by atoms with Gasteiger partial charge >= 0.3 is 0 Å². The number of carbonyl (C=O) groups excluding carboxylic acids is 2. The highest BCUT2D eigenvalue weighted by molar-refractivity contribution is 5.80. The fourth-order valence-corrected chi connectivity index (χ4v) is 4.18. The predicted molar refractivity (Wildman–Crippen MR) is 97.1 cm³/mol. The Morgan fingerprint density at radius 2 is 2.00 bits per heavy atom. The summed E-state index contributed by atoms with van der Waals surface area (Å²) in [6.45, 7) is 4.59. The third-order valence-corrected chi connectivity index (χ3v) is 6.04. The molecule has 3 aliphatic rings. The van der Waals surface area contributed by atoms with Crippen LogP contribution in [-0.4, -0.2) is 58.1 Å². The zero-order valence-corrected chi connectivity index (χ0v) is 15.6. The molecule has 26 heavy (non-hydrogen) atoms. The van der Waals surface area contributed by atoms with Crippen LogP contribution in [0.25, 0.3) is 0 Å². The molecule has 0 aromatic carbocycles. The lowest BCUT2D eigenvalue weighted by molar-refractivity contribution is -0.138. The zero-order valence-electron chi connectivity index (χ0n) is 15.6. The van der Waals surface area contributed by atoms with E-state index in [0.717, 1.165) is 63.3 Å². The molecule has 0 unspecified atom stereocenters. The molecule has 2 amide bonds. The van der Waals surface area contributed by atoms with Crippen LogP contribution < -0.4 is 5.32 Å². The summed E-state index contributed by atoms with van der Waals surface area (Å²) in [4.78, 5) is 29.1. The van der Waals surface area contributed by atoms with E-state index in [-0.39, 0.29) is 17.7 Å². The molecule has 0 spiro atoms. The maximum absolute atomic E-state index is 12.6. The number of amides is 2. The smallest absolute Gasteiger partial charge is 0.226 e. The van der Waals surface area contributed by atoms with Crippen LogP contribution >= 0.6 is 0 Å². The van der Waals surface area contributed by atoms with Gasteiger partial charge in [0.15, 0.2) is 0 Å². The van der Waals surface area contributed by atoms with Gasteiger partial charge in [-0.3, -0.25) is 14.3 Å². The molecule has 1 N–H and O–H groups in total. The van der Waals surface area contributed by atoms with Crippen molar-refractivity contribution in [3.05, 3.63) is 17.5 Å². The Hall–Kier alpha value is -1.89. The van der Waals surface area contributed by atoms with Crippen molar-refractivity contribution in [3.63, 3.8) is 0 Å². The van der Waals surface area contributed by atoms with Gasteiger partial charge in [0.25, 0.3) is 0 Å². The van der Waals surface area contributed by atoms with Gasteiger partial charge in [-0.05, 0) is 45.3 Å². The molecular weight excluding hydrogens is 330 g/mol. The van der Waals surface area contributed by atoms with Crippen LogP contribution in [0.4, 0.5) is 0 Å². The Bertz CT molecular complexity index is 681. The summed E-state index contributed by atoms with van der Waals surface area (Å²) >= 11 is 0. The lowest BCUT2D eigenvalue weighted by Crippen LogP contribution is -2.38. The Morgan fingerprint density at radius 1 is 1.15 bits per heavy atom. The minimum absolute atomic E-state index is 0.0935. The fraction of sp³-hybridized carbons (Fsp3) is 0.737. The number of carbonyl (C=O) groups is 2. The highest BCUT2D eigenvalue weighted by Gasteiger charge is 2.31. The van der Waals surface area contributed by atoms with Gasteiger partial charge in [0, 0.05) is 25.6 Å². The third kappa shape index (κ3) is 3.63. The van der Waals surface area contributed by atoms with Gasteiger partial charge < -0.3 is 15.1 Å². The Kier molecular flexibility index (Phi) is 4.98. The highest BCUT2D eigenvalue weighted by atomic mass is 16.2. The van der Waals surface area contributed by atoms with Gasteiger partial charge in [0.2, 0.25) is 11.8 Å². The largest absolute Gasteiger partial charge is 0.350 e.